The summed E-state index contributed by atoms with van der Waals surface area (Å²) in [7, 11) is 0. The summed E-state index contributed by atoms with van der Waals surface area (Å²) in [4.78, 5) is 17.7. The van der Waals surface area contributed by atoms with E-state index in [1.54, 1.807) is 16.7 Å². The molecule has 1 saturated heterocycles. The molecule has 0 spiro atoms. The van der Waals surface area contributed by atoms with E-state index >= 15 is 0 Å². The van der Waals surface area contributed by atoms with Crippen molar-refractivity contribution < 1.29 is 9.13 Å². The molecular formula is C20H18BrFN2O2S. The van der Waals surface area contributed by atoms with Crippen LogP contribution in [-0.2, 0) is 17.0 Å². The number of thioether (sulfide) groups is 1. The molecule has 1 aliphatic rings. The van der Waals surface area contributed by atoms with E-state index in [1.165, 1.54) is 17.8 Å². The number of hydrogen-bond donors (Lipinski definition) is 0. The fourth-order valence-corrected chi connectivity index (χ4v) is 4.52. The van der Waals surface area contributed by atoms with E-state index in [0.29, 0.717) is 38.4 Å². The van der Waals surface area contributed by atoms with Crippen LogP contribution in [0.3, 0.4) is 0 Å². The van der Waals surface area contributed by atoms with Gasteiger partial charge in [0, 0.05) is 16.8 Å². The highest BCUT2D eigenvalue weighted by atomic mass is 79.9. The van der Waals surface area contributed by atoms with Gasteiger partial charge in [-0.15, -0.1) is 0 Å². The monoisotopic (exact) mass is 448 g/mol. The second kappa shape index (κ2) is 8.12. The van der Waals surface area contributed by atoms with Crippen molar-refractivity contribution in [2.45, 2.75) is 36.4 Å². The van der Waals surface area contributed by atoms with Crippen molar-refractivity contribution >= 4 is 38.6 Å². The van der Waals surface area contributed by atoms with E-state index < -0.39 is 0 Å². The van der Waals surface area contributed by atoms with Gasteiger partial charge in [-0.3, -0.25) is 9.36 Å². The summed E-state index contributed by atoms with van der Waals surface area (Å²) in [5.74, 6) is 0.126. The molecule has 27 heavy (non-hydrogen) atoms. The highest BCUT2D eigenvalue weighted by Crippen LogP contribution is 2.26. The Morgan fingerprint density at radius 3 is 2.93 bits per heavy atom. The quantitative estimate of drug-likeness (QED) is 0.416. The van der Waals surface area contributed by atoms with Gasteiger partial charge in [-0.25, -0.2) is 9.37 Å². The standard InChI is InChI=1S/C20H18BrFN2O2S/c21-14-8-7-13(17(22)10-14)12-27-20-23-18-6-2-1-5-16(18)19(25)24(20)11-15-4-3-9-26-15/h1-2,5-8,10,15H,3-4,9,11-12H2. The second-order valence-electron chi connectivity index (χ2n) is 6.49. The Bertz CT molecular complexity index is 1030. The number of fused-ring (bicyclic) bond motifs is 1. The first-order valence-corrected chi connectivity index (χ1v) is 10.6. The molecule has 2 heterocycles. The molecule has 0 amide bonds. The Hall–Kier alpha value is -1.70. The van der Waals surface area contributed by atoms with Gasteiger partial charge < -0.3 is 4.74 Å². The Morgan fingerprint density at radius 1 is 1.30 bits per heavy atom. The maximum absolute atomic E-state index is 14.2. The third kappa shape index (κ3) is 4.10. The van der Waals surface area contributed by atoms with E-state index in [4.69, 9.17) is 4.74 Å². The summed E-state index contributed by atoms with van der Waals surface area (Å²) in [5, 5.41) is 1.19. The Kier molecular flexibility index (Phi) is 5.61. The molecule has 0 bridgehead atoms. The highest BCUT2D eigenvalue weighted by Gasteiger charge is 2.20. The molecule has 7 heteroatoms. The van der Waals surface area contributed by atoms with Crippen LogP contribution in [0.1, 0.15) is 18.4 Å². The molecule has 0 saturated carbocycles. The number of aromatic nitrogens is 2. The summed E-state index contributed by atoms with van der Waals surface area (Å²) < 4.78 is 22.3. The van der Waals surface area contributed by atoms with E-state index in [1.807, 2.05) is 24.3 Å². The number of benzene rings is 2. The Morgan fingerprint density at radius 2 is 2.15 bits per heavy atom. The minimum atomic E-state index is -0.273. The fraction of sp³-hybridized carbons (Fsp3) is 0.300. The fourth-order valence-electron chi connectivity index (χ4n) is 3.19. The third-order valence-corrected chi connectivity index (χ3v) is 6.13. The van der Waals surface area contributed by atoms with Gasteiger partial charge in [-0.05, 0) is 42.7 Å². The number of ether oxygens (including phenoxy) is 1. The van der Waals surface area contributed by atoms with Crippen LogP contribution in [0, 0.1) is 5.82 Å². The minimum absolute atomic E-state index is 0.0226. The van der Waals surface area contributed by atoms with Crippen molar-refractivity contribution in [2.75, 3.05) is 6.61 Å². The number of hydrogen-bond acceptors (Lipinski definition) is 4. The molecule has 0 N–H and O–H groups in total. The van der Waals surface area contributed by atoms with Crippen LogP contribution in [0.4, 0.5) is 4.39 Å². The lowest BCUT2D eigenvalue weighted by molar-refractivity contribution is 0.0937. The molecule has 4 nitrogen and oxygen atoms in total. The number of para-hydroxylation sites is 1. The maximum Gasteiger partial charge on any atom is 0.262 e. The van der Waals surface area contributed by atoms with Gasteiger partial charge in [0.2, 0.25) is 0 Å². The average molecular weight is 449 g/mol. The van der Waals surface area contributed by atoms with E-state index in [-0.39, 0.29) is 17.5 Å². The summed E-state index contributed by atoms with van der Waals surface area (Å²) >= 11 is 4.64. The summed E-state index contributed by atoms with van der Waals surface area (Å²) in [5.41, 5.74) is 1.16. The Labute approximate surface area is 168 Å². The zero-order valence-corrected chi connectivity index (χ0v) is 16.9. The van der Waals surface area contributed by atoms with Gasteiger partial charge >= 0.3 is 0 Å². The van der Waals surface area contributed by atoms with Gasteiger partial charge in [0.05, 0.1) is 23.6 Å². The molecule has 4 rings (SSSR count). The second-order valence-corrected chi connectivity index (χ2v) is 8.34. The van der Waals surface area contributed by atoms with Crippen molar-refractivity contribution in [2.24, 2.45) is 0 Å². The third-order valence-electron chi connectivity index (χ3n) is 4.61. The molecule has 1 unspecified atom stereocenters. The van der Waals surface area contributed by atoms with Gasteiger partial charge in [-0.2, -0.15) is 0 Å². The molecule has 0 radical (unpaired) electrons. The van der Waals surface area contributed by atoms with E-state index in [9.17, 15) is 9.18 Å². The highest BCUT2D eigenvalue weighted by molar-refractivity contribution is 9.10. The topological polar surface area (TPSA) is 44.1 Å². The van der Waals surface area contributed by atoms with Gasteiger partial charge in [0.25, 0.3) is 5.56 Å². The van der Waals surface area contributed by atoms with Crippen molar-refractivity contribution in [1.82, 2.24) is 9.55 Å². The zero-order valence-electron chi connectivity index (χ0n) is 14.5. The number of rotatable bonds is 5. The minimum Gasteiger partial charge on any atom is -0.376 e. The zero-order chi connectivity index (χ0) is 18.8. The van der Waals surface area contributed by atoms with Crippen LogP contribution in [-0.4, -0.2) is 22.3 Å². The summed E-state index contributed by atoms with van der Waals surface area (Å²) in [6.07, 6.45) is 1.96. The molecule has 1 aromatic heterocycles. The Balaban J connectivity index is 1.69. The lowest BCUT2D eigenvalue weighted by atomic mass is 10.2. The van der Waals surface area contributed by atoms with E-state index in [2.05, 4.69) is 20.9 Å². The van der Waals surface area contributed by atoms with Crippen molar-refractivity contribution in [3.05, 3.63) is 68.7 Å². The molecule has 140 valence electrons. The predicted molar refractivity (Wildman–Crippen MR) is 109 cm³/mol. The maximum atomic E-state index is 14.2. The van der Waals surface area contributed by atoms with Gasteiger partial charge in [0.1, 0.15) is 5.82 Å². The van der Waals surface area contributed by atoms with Crippen molar-refractivity contribution in [1.29, 1.82) is 0 Å². The summed E-state index contributed by atoms with van der Waals surface area (Å²) in [6, 6.07) is 12.3. The van der Waals surface area contributed by atoms with Crippen LogP contribution in [0.2, 0.25) is 0 Å². The van der Waals surface area contributed by atoms with Crippen LogP contribution < -0.4 is 5.56 Å². The first-order chi connectivity index (χ1) is 13.1. The smallest absolute Gasteiger partial charge is 0.262 e. The van der Waals surface area contributed by atoms with Crippen LogP contribution in [0.5, 0.6) is 0 Å². The van der Waals surface area contributed by atoms with Crippen LogP contribution in [0.25, 0.3) is 10.9 Å². The lowest BCUT2D eigenvalue weighted by Gasteiger charge is -2.16. The first-order valence-electron chi connectivity index (χ1n) is 8.80. The normalized spacial score (nSPS) is 16.9. The van der Waals surface area contributed by atoms with Crippen molar-refractivity contribution in [3.8, 4) is 0 Å². The molecule has 0 aliphatic carbocycles. The average Bonchev–Trinajstić information content (AvgIpc) is 3.17. The van der Waals surface area contributed by atoms with Gasteiger partial charge in [-0.1, -0.05) is 45.9 Å². The van der Waals surface area contributed by atoms with Crippen LogP contribution in [0.15, 0.2) is 56.9 Å². The van der Waals surface area contributed by atoms with E-state index in [0.717, 1.165) is 19.4 Å². The number of nitrogens with zero attached hydrogens (tertiary/aromatic N) is 2. The molecular weight excluding hydrogens is 431 g/mol. The molecule has 1 aliphatic heterocycles. The largest absolute Gasteiger partial charge is 0.376 e. The van der Waals surface area contributed by atoms with Gasteiger partial charge in [0.15, 0.2) is 5.16 Å². The SMILES string of the molecule is O=c1c2ccccc2nc(SCc2ccc(Br)cc2F)n1CC1CCCO1. The lowest BCUT2D eigenvalue weighted by Crippen LogP contribution is -2.28. The molecule has 1 atom stereocenters. The van der Waals surface area contributed by atoms with Crippen LogP contribution >= 0.6 is 27.7 Å². The molecule has 1 fully saturated rings. The summed E-state index contributed by atoms with van der Waals surface area (Å²) in [6.45, 7) is 1.20. The first kappa shape index (κ1) is 18.7. The molecule has 2 aromatic carbocycles. The number of halogens is 2. The molecule has 3 aromatic rings. The van der Waals surface area contributed by atoms with Crippen molar-refractivity contribution in [3.63, 3.8) is 0 Å². The predicted octanol–water partition coefficient (Wildman–Crippen LogP) is 4.77.